The third kappa shape index (κ3) is 4.24. The summed E-state index contributed by atoms with van der Waals surface area (Å²) < 4.78 is 2.01. The number of H-pyrrole nitrogens is 1. The predicted octanol–water partition coefficient (Wildman–Crippen LogP) is 3.03. The molecule has 2 heterocycles. The highest BCUT2D eigenvalue weighted by Gasteiger charge is 2.15. The summed E-state index contributed by atoms with van der Waals surface area (Å²) in [6, 6.07) is 7.53. The van der Waals surface area contributed by atoms with Crippen molar-refractivity contribution < 1.29 is 9.59 Å². The molecule has 3 N–H and O–H groups in total. The van der Waals surface area contributed by atoms with Gasteiger partial charge in [-0.1, -0.05) is 32.0 Å². The van der Waals surface area contributed by atoms with E-state index in [0.29, 0.717) is 17.9 Å². The number of aromatic nitrogens is 3. The maximum absolute atomic E-state index is 12.4. The van der Waals surface area contributed by atoms with Crippen LogP contribution in [0.2, 0.25) is 0 Å². The molecule has 0 fully saturated rings. The zero-order valence-corrected chi connectivity index (χ0v) is 16.8. The first kappa shape index (κ1) is 19.7. The Morgan fingerprint density at radius 3 is 2.68 bits per heavy atom. The first-order valence-corrected chi connectivity index (χ1v) is 9.55. The molecule has 28 heavy (non-hydrogen) atoms. The number of aryl methyl sites for hydroxylation is 1. The number of para-hydroxylation sites is 1. The molecule has 148 valence electrons. The average molecular weight is 381 g/mol. The minimum atomic E-state index is -0.345. The van der Waals surface area contributed by atoms with Crippen LogP contribution in [0.3, 0.4) is 0 Å². The minimum absolute atomic E-state index is 0.233. The number of hydrazine groups is 1. The molecule has 0 aliphatic heterocycles. The first-order chi connectivity index (χ1) is 13.4. The van der Waals surface area contributed by atoms with Gasteiger partial charge in [-0.3, -0.25) is 25.1 Å². The maximum Gasteiger partial charge on any atom is 0.271 e. The van der Waals surface area contributed by atoms with Crippen LogP contribution in [-0.4, -0.2) is 26.6 Å². The summed E-state index contributed by atoms with van der Waals surface area (Å²) in [6.07, 6.45) is 2.51. The standard InChI is InChI=1S/C21H27N5O2/c1-13(2)12-26-15(4)16(14(3)25-26)9-10-20(27)23-24-21(28)18-11-22-19-8-6-5-7-17(18)19/h5-8,11,13,22H,9-10,12H2,1-4H3,(H,23,27)(H,24,28). The number of hydrogen-bond donors (Lipinski definition) is 3. The molecule has 0 radical (unpaired) electrons. The largest absolute Gasteiger partial charge is 0.360 e. The predicted molar refractivity (Wildman–Crippen MR) is 109 cm³/mol. The number of hydrogen-bond acceptors (Lipinski definition) is 3. The van der Waals surface area contributed by atoms with E-state index in [1.807, 2.05) is 42.8 Å². The molecule has 0 aliphatic rings. The van der Waals surface area contributed by atoms with Crippen molar-refractivity contribution in [1.82, 2.24) is 25.6 Å². The molecule has 2 amide bonds. The Kier molecular flexibility index (Phi) is 5.82. The monoisotopic (exact) mass is 381 g/mol. The van der Waals surface area contributed by atoms with E-state index < -0.39 is 0 Å². The summed E-state index contributed by atoms with van der Waals surface area (Å²) in [5, 5.41) is 5.39. The molecule has 1 aromatic carbocycles. The second-order valence-corrected chi connectivity index (χ2v) is 7.48. The van der Waals surface area contributed by atoms with Crippen molar-refractivity contribution in [3.63, 3.8) is 0 Å². The van der Waals surface area contributed by atoms with Crippen LogP contribution >= 0.6 is 0 Å². The second-order valence-electron chi connectivity index (χ2n) is 7.48. The fraction of sp³-hybridized carbons (Fsp3) is 0.381. The van der Waals surface area contributed by atoms with Crippen molar-refractivity contribution in [3.8, 4) is 0 Å². The van der Waals surface area contributed by atoms with E-state index in [2.05, 4.69) is 34.8 Å². The molecule has 0 saturated heterocycles. The third-order valence-electron chi connectivity index (χ3n) is 4.82. The number of nitrogens with zero attached hydrogens (tertiary/aromatic N) is 2. The van der Waals surface area contributed by atoms with E-state index >= 15 is 0 Å². The number of carbonyl (C=O) groups is 2. The molecule has 3 rings (SSSR count). The summed E-state index contributed by atoms with van der Waals surface area (Å²) in [4.78, 5) is 27.6. The number of fused-ring (bicyclic) bond motifs is 1. The topological polar surface area (TPSA) is 91.8 Å². The van der Waals surface area contributed by atoms with Crippen molar-refractivity contribution in [2.24, 2.45) is 5.92 Å². The van der Waals surface area contributed by atoms with E-state index in [4.69, 9.17) is 0 Å². The van der Waals surface area contributed by atoms with Gasteiger partial charge in [-0.2, -0.15) is 5.10 Å². The third-order valence-corrected chi connectivity index (χ3v) is 4.82. The molecule has 2 aromatic heterocycles. The molecular formula is C21H27N5O2. The fourth-order valence-electron chi connectivity index (χ4n) is 3.37. The van der Waals surface area contributed by atoms with Crippen molar-refractivity contribution >= 4 is 22.7 Å². The summed E-state index contributed by atoms with van der Waals surface area (Å²) in [5.41, 5.74) is 9.52. The summed E-state index contributed by atoms with van der Waals surface area (Å²) in [6.45, 7) is 9.17. The van der Waals surface area contributed by atoms with Crippen LogP contribution in [-0.2, 0) is 17.8 Å². The molecule has 0 aliphatic carbocycles. The van der Waals surface area contributed by atoms with Gasteiger partial charge in [-0.15, -0.1) is 0 Å². The molecule has 7 heteroatoms. The van der Waals surface area contributed by atoms with Crippen LogP contribution < -0.4 is 10.9 Å². The Balaban J connectivity index is 1.55. The number of carbonyl (C=O) groups excluding carboxylic acids is 2. The summed E-state index contributed by atoms with van der Waals surface area (Å²) in [5.74, 6) is -0.0691. The highest BCUT2D eigenvalue weighted by Crippen LogP contribution is 2.18. The highest BCUT2D eigenvalue weighted by atomic mass is 16.2. The Morgan fingerprint density at radius 1 is 1.18 bits per heavy atom. The summed E-state index contributed by atoms with van der Waals surface area (Å²) >= 11 is 0. The molecule has 0 atom stereocenters. The van der Waals surface area contributed by atoms with Crippen molar-refractivity contribution in [3.05, 3.63) is 53.0 Å². The molecule has 7 nitrogen and oxygen atoms in total. The fourth-order valence-corrected chi connectivity index (χ4v) is 3.37. The molecule has 0 unspecified atom stereocenters. The zero-order valence-electron chi connectivity index (χ0n) is 16.8. The van der Waals surface area contributed by atoms with Gasteiger partial charge in [-0.25, -0.2) is 0 Å². The number of benzene rings is 1. The molecule has 0 spiro atoms. The lowest BCUT2D eigenvalue weighted by Gasteiger charge is -2.09. The van der Waals surface area contributed by atoms with Gasteiger partial charge in [0.15, 0.2) is 0 Å². The van der Waals surface area contributed by atoms with Gasteiger partial charge in [0.25, 0.3) is 5.91 Å². The van der Waals surface area contributed by atoms with Crippen LogP contribution in [0.1, 0.15) is 47.6 Å². The number of rotatable bonds is 6. The molecular weight excluding hydrogens is 354 g/mol. The SMILES string of the molecule is Cc1nn(CC(C)C)c(C)c1CCC(=O)NNC(=O)c1c[nH]c2ccccc12. The van der Waals surface area contributed by atoms with Gasteiger partial charge in [0.2, 0.25) is 5.91 Å². The van der Waals surface area contributed by atoms with Crippen LogP contribution in [0.25, 0.3) is 10.9 Å². The minimum Gasteiger partial charge on any atom is -0.360 e. The van der Waals surface area contributed by atoms with Gasteiger partial charge < -0.3 is 4.98 Å². The number of nitrogens with one attached hydrogen (secondary N) is 3. The molecule has 3 aromatic rings. The first-order valence-electron chi connectivity index (χ1n) is 9.55. The summed E-state index contributed by atoms with van der Waals surface area (Å²) in [7, 11) is 0. The van der Waals surface area contributed by atoms with Gasteiger partial charge in [0.05, 0.1) is 11.3 Å². The second kappa shape index (κ2) is 8.29. The van der Waals surface area contributed by atoms with Crippen molar-refractivity contribution in [2.75, 3.05) is 0 Å². The van der Waals surface area contributed by atoms with Crippen LogP contribution in [0.15, 0.2) is 30.5 Å². The Hall–Kier alpha value is -3.09. The van der Waals surface area contributed by atoms with Crippen LogP contribution in [0, 0.1) is 19.8 Å². The molecule has 0 saturated carbocycles. The van der Waals surface area contributed by atoms with Gasteiger partial charge in [0, 0.05) is 35.8 Å². The van der Waals surface area contributed by atoms with Crippen molar-refractivity contribution in [1.29, 1.82) is 0 Å². The Bertz CT molecular complexity index is 1000. The van der Waals surface area contributed by atoms with Gasteiger partial charge >= 0.3 is 0 Å². The smallest absolute Gasteiger partial charge is 0.271 e. The van der Waals surface area contributed by atoms with E-state index in [0.717, 1.165) is 34.4 Å². The quantitative estimate of drug-likeness (QED) is 0.573. The van der Waals surface area contributed by atoms with E-state index in [-0.39, 0.29) is 18.2 Å². The van der Waals surface area contributed by atoms with E-state index in [9.17, 15) is 9.59 Å². The Labute approximate surface area is 164 Å². The molecule has 0 bridgehead atoms. The number of aromatic amines is 1. The van der Waals surface area contributed by atoms with Crippen LogP contribution in [0.4, 0.5) is 0 Å². The average Bonchev–Trinajstić information content (AvgIpc) is 3.19. The van der Waals surface area contributed by atoms with E-state index in [1.54, 1.807) is 6.20 Å². The van der Waals surface area contributed by atoms with Gasteiger partial charge in [0.1, 0.15) is 0 Å². The Morgan fingerprint density at radius 2 is 1.93 bits per heavy atom. The van der Waals surface area contributed by atoms with Gasteiger partial charge in [-0.05, 0) is 37.8 Å². The zero-order chi connectivity index (χ0) is 20.3. The lowest BCUT2D eigenvalue weighted by atomic mass is 10.1. The van der Waals surface area contributed by atoms with Crippen LogP contribution in [0.5, 0.6) is 0 Å². The van der Waals surface area contributed by atoms with E-state index in [1.165, 1.54) is 0 Å². The maximum atomic E-state index is 12.4. The lowest BCUT2D eigenvalue weighted by molar-refractivity contribution is -0.121. The number of amides is 2. The van der Waals surface area contributed by atoms with Crippen molar-refractivity contribution in [2.45, 2.75) is 47.1 Å². The lowest BCUT2D eigenvalue weighted by Crippen LogP contribution is -2.41. The highest BCUT2D eigenvalue weighted by molar-refractivity contribution is 6.07. The normalized spacial score (nSPS) is 11.2.